The van der Waals surface area contributed by atoms with Gasteiger partial charge in [0.2, 0.25) is 0 Å². The lowest BCUT2D eigenvalue weighted by Gasteiger charge is -2.34. The molecule has 4 rings (SSSR count). The molecule has 3 aromatic rings. The van der Waals surface area contributed by atoms with Crippen LogP contribution in [-0.2, 0) is 17.5 Å². The van der Waals surface area contributed by atoms with Crippen molar-refractivity contribution in [1.29, 1.82) is 0 Å². The summed E-state index contributed by atoms with van der Waals surface area (Å²) in [4.78, 5) is 2.29. The highest BCUT2D eigenvalue weighted by Crippen LogP contribution is 2.35. The van der Waals surface area contributed by atoms with Crippen LogP contribution in [0, 0.1) is 0 Å². The van der Waals surface area contributed by atoms with Crippen molar-refractivity contribution in [3.8, 4) is 0 Å². The second-order valence-corrected chi connectivity index (χ2v) is 7.63. The van der Waals surface area contributed by atoms with Crippen LogP contribution in [0.5, 0.6) is 0 Å². The molecule has 31 heavy (non-hydrogen) atoms. The maximum absolute atomic E-state index is 13.6. The molecule has 3 aromatic carbocycles. The van der Waals surface area contributed by atoms with Gasteiger partial charge in [-0.15, -0.1) is 0 Å². The molecule has 0 aromatic heterocycles. The third-order valence-corrected chi connectivity index (χ3v) is 5.43. The van der Waals surface area contributed by atoms with Crippen LogP contribution in [0.15, 0.2) is 84.9 Å². The molecule has 1 saturated heterocycles. The third kappa shape index (κ3) is 5.43. The third-order valence-electron chi connectivity index (χ3n) is 5.43. The first kappa shape index (κ1) is 21.3. The fourth-order valence-corrected chi connectivity index (χ4v) is 3.92. The Kier molecular flexibility index (Phi) is 6.54. The number of ether oxygens (including phenoxy) is 1. The Labute approximate surface area is 180 Å². The van der Waals surface area contributed by atoms with E-state index in [1.807, 2.05) is 48.5 Å². The van der Waals surface area contributed by atoms with E-state index in [4.69, 9.17) is 4.74 Å². The van der Waals surface area contributed by atoms with Crippen molar-refractivity contribution < 1.29 is 17.9 Å². The molecule has 1 aliphatic heterocycles. The van der Waals surface area contributed by atoms with E-state index in [-0.39, 0.29) is 11.7 Å². The summed E-state index contributed by atoms with van der Waals surface area (Å²) >= 11 is 0. The molecular weight excluding hydrogens is 399 g/mol. The summed E-state index contributed by atoms with van der Waals surface area (Å²) in [6, 6.07) is 25.4. The zero-order chi connectivity index (χ0) is 21.7. The van der Waals surface area contributed by atoms with Crippen LogP contribution in [0.25, 0.3) is 11.6 Å². The van der Waals surface area contributed by atoms with E-state index in [0.717, 1.165) is 30.3 Å². The molecule has 0 amide bonds. The number of alkyl halides is 3. The molecule has 0 bridgehead atoms. The molecule has 1 fully saturated rings. The van der Waals surface area contributed by atoms with Crippen LogP contribution in [0.1, 0.15) is 22.3 Å². The molecule has 0 N–H and O–H groups in total. The largest absolute Gasteiger partial charge is 0.416 e. The van der Waals surface area contributed by atoms with Crippen molar-refractivity contribution in [3.63, 3.8) is 0 Å². The minimum atomic E-state index is -4.42. The van der Waals surface area contributed by atoms with Crippen LogP contribution in [0.3, 0.4) is 0 Å². The molecule has 5 heteroatoms. The van der Waals surface area contributed by atoms with Gasteiger partial charge >= 0.3 is 6.18 Å². The number of morpholine rings is 1. The SMILES string of the molecule is FC(F)(F)c1ccccc1/C=C(\c1ccccc1)C1CN(Cc2ccccc2)CCO1. The van der Waals surface area contributed by atoms with Crippen molar-refractivity contribution >= 4 is 11.6 Å². The molecular formula is C26H24F3NO. The monoisotopic (exact) mass is 423 g/mol. The second kappa shape index (κ2) is 9.50. The summed E-state index contributed by atoms with van der Waals surface area (Å²) in [5, 5.41) is 0. The lowest BCUT2D eigenvalue weighted by Crippen LogP contribution is -2.42. The maximum Gasteiger partial charge on any atom is 0.416 e. The highest BCUT2D eigenvalue weighted by atomic mass is 19.4. The van der Waals surface area contributed by atoms with E-state index in [1.54, 1.807) is 12.1 Å². The van der Waals surface area contributed by atoms with Gasteiger partial charge in [0.1, 0.15) is 0 Å². The van der Waals surface area contributed by atoms with Crippen LogP contribution < -0.4 is 0 Å². The first-order valence-corrected chi connectivity index (χ1v) is 10.3. The quantitative estimate of drug-likeness (QED) is 0.457. The maximum atomic E-state index is 13.6. The molecule has 1 atom stereocenters. The Hall–Kier alpha value is -2.89. The smallest absolute Gasteiger partial charge is 0.371 e. The lowest BCUT2D eigenvalue weighted by molar-refractivity contribution is -0.137. The highest BCUT2D eigenvalue weighted by Gasteiger charge is 2.33. The van der Waals surface area contributed by atoms with E-state index in [1.165, 1.54) is 17.7 Å². The minimum absolute atomic E-state index is 0.151. The zero-order valence-electron chi connectivity index (χ0n) is 17.1. The van der Waals surface area contributed by atoms with E-state index >= 15 is 0 Å². The van der Waals surface area contributed by atoms with Gasteiger partial charge in [0.25, 0.3) is 0 Å². The lowest BCUT2D eigenvalue weighted by atomic mass is 9.94. The summed E-state index contributed by atoms with van der Waals surface area (Å²) in [5.41, 5.74) is 2.34. The van der Waals surface area contributed by atoms with Gasteiger partial charge in [-0.2, -0.15) is 13.2 Å². The molecule has 1 aliphatic rings. The van der Waals surface area contributed by atoms with Crippen LogP contribution in [0.2, 0.25) is 0 Å². The highest BCUT2D eigenvalue weighted by molar-refractivity contribution is 5.85. The van der Waals surface area contributed by atoms with Crippen molar-refractivity contribution in [2.45, 2.75) is 18.8 Å². The number of rotatable bonds is 5. The van der Waals surface area contributed by atoms with Gasteiger partial charge in [-0.05, 0) is 34.4 Å². The fraction of sp³-hybridized carbons (Fsp3) is 0.231. The van der Waals surface area contributed by atoms with Crippen molar-refractivity contribution in [1.82, 2.24) is 4.90 Å². The van der Waals surface area contributed by atoms with Gasteiger partial charge in [-0.1, -0.05) is 78.9 Å². The van der Waals surface area contributed by atoms with Gasteiger partial charge < -0.3 is 4.74 Å². The standard InChI is InChI=1S/C26H24F3NO/c27-26(28,29)24-14-8-7-13-22(24)17-23(21-11-5-2-6-12-21)25-19-30(15-16-31-25)18-20-9-3-1-4-10-20/h1-14,17,25H,15-16,18-19H2/b23-17+. The van der Waals surface area contributed by atoms with E-state index in [2.05, 4.69) is 17.0 Å². The first-order chi connectivity index (χ1) is 15.0. The van der Waals surface area contributed by atoms with Crippen molar-refractivity contribution in [2.75, 3.05) is 19.7 Å². The Morgan fingerprint density at radius 1 is 0.903 bits per heavy atom. The first-order valence-electron chi connectivity index (χ1n) is 10.3. The average molecular weight is 423 g/mol. The summed E-state index contributed by atoms with van der Waals surface area (Å²) < 4.78 is 46.8. The molecule has 2 nitrogen and oxygen atoms in total. The fourth-order valence-electron chi connectivity index (χ4n) is 3.92. The van der Waals surface area contributed by atoms with Crippen LogP contribution >= 0.6 is 0 Å². The number of halogens is 3. The second-order valence-electron chi connectivity index (χ2n) is 7.63. The molecule has 1 heterocycles. The summed E-state index contributed by atoms with van der Waals surface area (Å²) in [6.45, 7) is 2.71. The van der Waals surface area contributed by atoms with Gasteiger partial charge in [-0.3, -0.25) is 4.90 Å². The molecule has 160 valence electrons. The van der Waals surface area contributed by atoms with E-state index in [9.17, 15) is 13.2 Å². The van der Waals surface area contributed by atoms with Crippen LogP contribution in [-0.4, -0.2) is 30.7 Å². The number of hydrogen-bond donors (Lipinski definition) is 0. The van der Waals surface area contributed by atoms with Crippen LogP contribution in [0.4, 0.5) is 13.2 Å². The Balaban J connectivity index is 1.67. The number of benzene rings is 3. The number of nitrogens with zero attached hydrogens (tertiary/aromatic N) is 1. The summed E-state index contributed by atoms with van der Waals surface area (Å²) in [7, 11) is 0. The topological polar surface area (TPSA) is 12.5 Å². The Morgan fingerprint density at radius 2 is 1.55 bits per heavy atom. The summed E-state index contributed by atoms with van der Waals surface area (Å²) in [6.07, 6.45) is -3.10. The zero-order valence-corrected chi connectivity index (χ0v) is 17.1. The molecule has 0 spiro atoms. The molecule has 0 saturated carbocycles. The van der Waals surface area contributed by atoms with Gasteiger partial charge in [0.05, 0.1) is 18.3 Å². The Bertz CT molecular complexity index is 1020. The molecule has 1 unspecified atom stereocenters. The predicted octanol–water partition coefficient (Wildman–Crippen LogP) is 6.15. The van der Waals surface area contributed by atoms with E-state index < -0.39 is 11.7 Å². The van der Waals surface area contributed by atoms with Crippen molar-refractivity contribution in [2.24, 2.45) is 0 Å². The minimum Gasteiger partial charge on any atom is -0.371 e. The van der Waals surface area contributed by atoms with Gasteiger partial charge in [-0.25, -0.2) is 0 Å². The summed E-state index contributed by atoms with van der Waals surface area (Å²) in [5.74, 6) is 0. The van der Waals surface area contributed by atoms with Gasteiger partial charge in [0, 0.05) is 19.6 Å². The molecule has 0 aliphatic carbocycles. The number of hydrogen-bond acceptors (Lipinski definition) is 2. The van der Waals surface area contributed by atoms with Crippen molar-refractivity contribution in [3.05, 3.63) is 107 Å². The van der Waals surface area contributed by atoms with Gasteiger partial charge in [0.15, 0.2) is 0 Å². The molecule has 0 radical (unpaired) electrons. The van der Waals surface area contributed by atoms with E-state index in [0.29, 0.717) is 13.2 Å². The predicted molar refractivity (Wildman–Crippen MR) is 117 cm³/mol. The Morgan fingerprint density at radius 3 is 2.26 bits per heavy atom. The normalized spacial score (nSPS) is 18.2. The average Bonchev–Trinajstić information content (AvgIpc) is 2.78.